The Bertz CT molecular complexity index is 377. The molecule has 0 spiro atoms. The summed E-state index contributed by atoms with van der Waals surface area (Å²) in [7, 11) is 0. The molecular weight excluding hydrogens is 231 g/mol. The van der Waals surface area contributed by atoms with Crippen molar-refractivity contribution in [3.63, 3.8) is 0 Å². The van der Waals surface area contributed by atoms with Crippen LogP contribution in [0.3, 0.4) is 0 Å². The molecule has 6 nitrogen and oxygen atoms in total. The summed E-state index contributed by atoms with van der Waals surface area (Å²) in [5.41, 5.74) is 0. The summed E-state index contributed by atoms with van der Waals surface area (Å²) in [5.74, 6) is 0. The molecule has 0 saturated heterocycles. The maximum absolute atomic E-state index is 8.32. The van der Waals surface area contributed by atoms with Gasteiger partial charge in [-0.05, 0) is 6.92 Å². The van der Waals surface area contributed by atoms with E-state index in [9.17, 15) is 0 Å². The maximum atomic E-state index is 8.32. The van der Waals surface area contributed by atoms with Gasteiger partial charge in [-0.25, -0.2) is 0 Å². The van der Waals surface area contributed by atoms with Crippen LogP contribution in [0.2, 0.25) is 0 Å². The molecule has 0 aliphatic carbocycles. The maximum Gasteiger partial charge on any atom is 1.00 e. The minimum Gasteiger partial charge on any atom is -1.00 e. The van der Waals surface area contributed by atoms with Gasteiger partial charge in [-0.15, -0.1) is 10.2 Å². The molecule has 1 aromatic heterocycles. The Morgan fingerprint density at radius 2 is 2.13 bits per heavy atom. The van der Waals surface area contributed by atoms with E-state index in [-0.39, 0.29) is 20.3 Å². The SMILES string of the molecule is Cc1nnc(SOOC(C#N)C#N)s1.[H-].[Li+]. The zero-order valence-corrected chi connectivity index (χ0v) is 9.63. The molecule has 0 aliphatic rings. The predicted octanol–water partition coefficient (Wildman–Crippen LogP) is -1.67. The summed E-state index contributed by atoms with van der Waals surface area (Å²) < 4.78 is 5.11. The summed E-state index contributed by atoms with van der Waals surface area (Å²) in [6.45, 7) is 1.80. The Morgan fingerprint density at radius 3 is 2.60 bits per heavy atom. The van der Waals surface area contributed by atoms with Crippen molar-refractivity contribution in [3.05, 3.63) is 5.01 Å². The molecular formula is C6H5LiN4O2S2. The van der Waals surface area contributed by atoms with Crippen molar-refractivity contribution < 1.29 is 29.5 Å². The minimum absolute atomic E-state index is 0. The first kappa shape index (κ1) is 14.4. The van der Waals surface area contributed by atoms with Crippen molar-refractivity contribution in [2.75, 3.05) is 0 Å². The molecule has 1 heterocycles. The topological polar surface area (TPSA) is 91.8 Å². The molecule has 0 bridgehead atoms. The van der Waals surface area contributed by atoms with Crippen LogP contribution in [0.5, 0.6) is 0 Å². The molecule has 0 aliphatic heterocycles. The number of nitriles is 2. The van der Waals surface area contributed by atoms with Gasteiger partial charge in [0, 0.05) is 0 Å². The second-order valence-corrected chi connectivity index (χ2v) is 4.10. The summed E-state index contributed by atoms with van der Waals surface area (Å²) >= 11 is 2.15. The third kappa shape index (κ3) is 5.15. The summed E-state index contributed by atoms with van der Waals surface area (Å²) in [6.07, 6.45) is -1.23. The van der Waals surface area contributed by atoms with Crippen LogP contribution in [-0.4, -0.2) is 16.3 Å². The van der Waals surface area contributed by atoms with Gasteiger partial charge in [-0.3, -0.25) is 0 Å². The van der Waals surface area contributed by atoms with Crippen molar-refractivity contribution in [3.8, 4) is 12.1 Å². The molecule has 74 valence electrons. The average molecular weight is 236 g/mol. The van der Waals surface area contributed by atoms with Crippen LogP contribution in [0.25, 0.3) is 0 Å². The Kier molecular flexibility index (Phi) is 7.36. The molecule has 1 aromatic rings. The van der Waals surface area contributed by atoms with Gasteiger partial charge >= 0.3 is 18.9 Å². The average Bonchev–Trinajstić information content (AvgIpc) is 2.59. The first-order chi connectivity index (χ1) is 6.76. The smallest absolute Gasteiger partial charge is 1.00 e. The standard InChI is InChI=1S/C6H4N4O2S2.Li.H/c1-4-9-10-6(13-4)14-12-11-5(2-7)3-8;;/h5H,1H3;;/q;+1;-1. The summed E-state index contributed by atoms with van der Waals surface area (Å²) in [6, 6.07) is 3.18. The van der Waals surface area contributed by atoms with Crippen LogP contribution in [0.1, 0.15) is 6.43 Å². The van der Waals surface area contributed by atoms with Crippen LogP contribution in [0.4, 0.5) is 0 Å². The number of aryl methyl sites for hydroxylation is 1. The van der Waals surface area contributed by atoms with E-state index in [1.807, 2.05) is 0 Å². The third-order valence-corrected chi connectivity index (χ3v) is 2.44. The van der Waals surface area contributed by atoms with Gasteiger partial charge in [0.1, 0.15) is 29.2 Å². The van der Waals surface area contributed by atoms with E-state index in [0.29, 0.717) is 4.34 Å². The van der Waals surface area contributed by atoms with E-state index in [4.69, 9.17) is 10.5 Å². The van der Waals surface area contributed by atoms with Gasteiger partial charge in [-0.1, -0.05) is 11.3 Å². The van der Waals surface area contributed by atoms with Crippen LogP contribution >= 0.6 is 23.4 Å². The van der Waals surface area contributed by atoms with E-state index in [2.05, 4.69) is 19.4 Å². The molecule has 1 rings (SSSR count). The fourth-order valence-corrected chi connectivity index (χ4v) is 1.72. The van der Waals surface area contributed by atoms with Crippen LogP contribution in [-0.2, 0) is 9.22 Å². The first-order valence-electron chi connectivity index (χ1n) is 3.35. The molecule has 0 atom stereocenters. The molecule has 0 fully saturated rings. The van der Waals surface area contributed by atoms with Gasteiger partial charge in [0.2, 0.25) is 4.34 Å². The zero-order chi connectivity index (χ0) is 10.4. The van der Waals surface area contributed by atoms with Gasteiger partial charge in [0.05, 0.1) is 0 Å². The molecule has 0 N–H and O–H groups in total. The van der Waals surface area contributed by atoms with Crippen LogP contribution in [0, 0.1) is 29.6 Å². The second-order valence-electron chi connectivity index (χ2n) is 1.97. The molecule has 0 amide bonds. The van der Waals surface area contributed by atoms with Crippen molar-refractivity contribution in [2.45, 2.75) is 17.4 Å². The first-order valence-corrected chi connectivity index (χ1v) is 4.91. The molecule has 0 saturated carbocycles. The van der Waals surface area contributed by atoms with E-state index >= 15 is 0 Å². The fraction of sp³-hybridized carbons (Fsp3) is 0.333. The quantitative estimate of drug-likeness (QED) is 0.267. The number of hydrogen-bond donors (Lipinski definition) is 0. The Hall–Kier alpha value is -0.593. The van der Waals surface area contributed by atoms with Gasteiger partial charge in [0.25, 0.3) is 6.10 Å². The summed E-state index contributed by atoms with van der Waals surface area (Å²) in [5, 5.41) is 24.9. The second kappa shape index (κ2) is 7.67. The van der Waals surface area contributed by atoms with Crippen LogP contribution in [0.15, 0.2) is 4.34 Å². The van der Waals surface area contributed by atoms with Gasteiger partial charge in [-0.2, -0.15) is 19.7 Å². The molecule has 0 aromatic carbocycles. The number of aromatic nitrogens is 2. The van der Waals surface area contributed by atoms with Crippen molar-refractivity contribution in [1.29, 1.82) is 10.5 Å². The Morgan fingerprint density at radius 1 is 1.47 bits per heavy atom. The Balaban J connectivity index is 0. The van der Waals surface area contributed by atoms with Crippen molar-refractivity contribution in [1.82, 2.24) is 10.2 Å². The third-order valence-electron chi connectivity index (χ3n) is 0.983. The molecule has 0 unspecified atom stereocenters. The molecule has 9 heteroatoms. The minimum atomic E-state index is -1.23. The normalized spacial score (nSPS) is 9.07. The van der Waals surface area contributed by atoms with Crippen molar-refractivity contribution >= 4 is 23.4 Å². The van der Waals surface area contributed by atoms with E-state index in [1.165, 1.54) is 11.3 Å². The van der Waals surface area contributed by atoms with Gasteiger partial charge in [0.15, 0.2) is 0 Å². The summed E-state index contributed by atoms with van der Waals surface area (Å²) in [4.78, 5) is 4.43. The predicted molar refractivity (Wildman–Crippen MR) is 48.8 cm³/mol. The molecule has 15 heavy (non-hydrogen) atoms. The number of rotatable bonds is 4. The Labute approximate surface area is 108 Å². The monoisotopic (exact) mass is 236 g/mol. The van der Waals surface area contributed by atoms with E-state index in [0.717, 1.165) is 17.1 Å². The van der Waals surface area contributed by atoms with E-state index in [1.54, 1.807) is 19.1 Å². The fourth-order valence-electron chi connectivity index (χ4n) is 0.472. The molecule has 0 radical (unpaired) electrons. The van der Waals surface area contributed by atoms with Crippen LogP contribution < -0.4 is 18.9 Å². The van der Waals surface area contributed by atoms with Gasteiger partial charge < -0.3 is 1.43 Å². The number of hydrogen-bond acceptors (Lipinski definition) is 8. The zero-order valence-electron chi connectivity index (χ0n) is 9.00. The number of nitrogens with zero attached hydrogens (tertiary/aromatic N) is 4. The largest absolute Gasteiger partial charge is 1.00 e. The van der Waals surface area contributed by atoms with Crippen molar-refractivity contribution in [2.24, 2.45) is 0 Å². The van der Waals surface area contributed by atoms with E-state index < -0.39 is 6.10 Å².